The van der Waals surface area contributed by atoms with E-state index in [1.807, 2.05) is 0 Å². The number of nitrogens with one attached hydrogen (secondary N) is 1. The second-order valence-corrected chi connectivity index (χ2v) is 4.89. The predicted molar refractivity (Wildman–Crippen MR) is 65.6 cm³/mol. The first-order valence-electron chi connectivity index (χ1n) is 6.32. The van der Waals surface area contributed by atoms with E-state index in [1.165, 1.54) is 25.8 Å². The lowest BCUT2D eigenvalue weighted by Crippen LogP contribution is -2.25. The molecule has 0 aliphatic carbocycles. The van der Waals surface area contributed by atoms with Crippen molar-refractivity contribution in [1.82, 2.24) is 5.32 Å². The Labute approximate surface area is 90.7 Å². The second-order valence-electron chi connectivity index (χ2n) is 4.89. The average molecular weight is 199 g/mol. The van der Waals surface area contributed by atoms with Crippen molar-refractivity contribution in [3.05, 3.63) is 0 Å². The Morgan fingerprint density at radius 3 is 2.14 bits per heavy atom. The highest BCUT2D eigenvalue weighted by atomic mass is 14.8. The molecular weight excluding hydrogens is 170 g/mol. The molecule has 0 fully saturated rings. The quantitative estimate of drug-likeness (QED) is 0.628. The van der Waals surface area contributed by atoms with E-state index in [-0.39, 0.29) is 0 Å². The van der Waals surface area contributed by atoms with Gasteiger partial charge in [-0.2, -0.15) is 0 Å². The average Bonchev–Trinajstić information content (AvgIpc) is 2.14. The summed E-state index contributed by atoms with van der Waals surface area (Å²) in [6.07, 6.45) is 4.11. The molecule has 1 nitrogen and oxygen atoms in total. The Balaban J connectivity index is 3.64. The van der Waals surface area contributed by atoms with Crippen LogP contribution in [0, 0.1) is 17.8 Å². The molecule has 0 aromatic rings. The van der Waals surface area contributed by atoms with Crippen LogP contribution in [0.4, 0.5) is 0 Å². The third kappa shape index (κ3) is 6.42. The van der Waals surface area contributed by atoms with Crippen LogP contribution in [0.15, 0.2) is 0 Å². The molecule has 0 saturated heterocycles. The molecule has 0 aromatic carbocycles. The van der Waals surface area contributed by atoms with Gasteiger partial charge in [-0.25, -0.2) is 0 Å². The lowest BCUT2D eigenvalue weighted by atomic mass is 9.86. The van der Waals surface area contributed by atoms with Gasteiger partial charge in [0.05, 0.1) is 0 Å². The molecule has 1 heteroatoms. The predicted octanol–water partition coefficient (Wildman–Crippen LogP) is 3.69. The molecule has 86 valence electrons. The van der Waals surface area contributed by atoms with Crippen LogP contribution in [0.1, 0.15) is 53.9 Å². The Morgan fingerprint density at radius 2 is 1.64 bits per heavy atom. The van der Waals surface area contributed by atoms with Crippen LogP contribution in [-0.4, -0.2) is 13.1 Å². The van der Waals surface area contributed by atoms with Gasteiger partial charge in [0.1, 0.15) is 0 Å². The van der Waals surface area contributed by atoms with Crippen LogP contribution in [0.2, 0.25) is 0 Å². The molecule has 0 heterocycles. The normalized spacial score (nSPS) is 17.8. The van der Waals surface area contributed by atoms with Crippen LogP contribution < -0.4 is 5.32 Å². The molecule has 0 aliphatic rings. The van der Waals surface area contributed by atoms with E-state index in [0.29, 0.717) is 0 Å². The van der Waals surface area contributed by atoms with Gasteiger partial charge in [0.2, 0.25) is 0 Å². The third-order valence-electron chi connectivity index (χ3n) is 3.24. The molecule has 1 N–H and O–H groups in total. The van der Waals surface area contributed by atoms with Crippen LogP contribution in [0.5, 0.6) is 0 Å². The van der Waals surface area contributed by atoms with Gasteiger partial charge in [-0.3, -0.25) is 0 Å². The van der Waals surface area contributed by atoms with E-state index in [4.69, 9.17) is 0 Å². The van der Waals surface area contributed by atoms with E-state index >= 15 is 0 Å². The largest absolute Gasteiger partial charge is 0.317 e. The Bertz CT molecular complexity index is 122. The molecule has 3 unspecified atom stereocenters. The topological polar surface area (TPSA) is 12.0 Å². The number of rotatable bonds is 8. The summed E-state index contributed by atoms with van der Waals surface area (Å²) in [6, 6.07) is 0. The minimum atomic E-state index is 0.814. The van der Waals surface area contributed by atoms with Crippen molar-refractivity contribution < 1.29 is 0 Å². The molecule has 0 rings (SSSR count). The highest BCUT2D eigenvalue weighted by Gasteiger charge is 2.14. The highest BCUT2D eigenvalue weighted by Crippen LogP contribution is 2.22. The minimum Gasteiger partial charge on any atom is -0.317 e. The molecule has 3 atom stereocenters. The molecule has 0 radical (unpaired) electrons. The first-order valence-corrected chi connectivity index (χ1v) is 6.32. The second kappa shape index (κ2) is 8.28. The van der Waals surface area contributed by atoms with Crippen LogP contribution in [-0.2, 0) is 0 Å². The Kier molecular flexibility index (Phi) is 8.26. The first-order chi connectivity index (χ1) is 6.61. The van der Waals surface area contributed by atoms with Crippen molar-refractivity contribution in [2.45, 2.75) is 53.9 Å². The lowest BCUT2D eigenvalue weighted by Gasteiger charge is -2.23. The maximum atomic E-state index is 3.43. The molecule has 0 aliphatic heterocycles. The summed E-state index contributed by atoms with van der Waals surface area (Å²) in [5.41, 5.74) is 0. The minimum absolute atomic E-state index is 0.814. The molecular formula is C13H29N. The fraction of sp³-hybridized carbons (Fsp3) is 1.00. The summed E-state index contributed by atoms with van der Waals surface area (Å²) in [6.45, 7) is 13.9. The molecule has 0 spiro atoms. The van der Waals surface area contributed by atoms with E-state index in [2.05, 4.69) is 39.9 Å². The van der Waals surface area contributed by atoms with Crippen molar-refractivity contribution in [3.8, 4) is 0 Å². The van der Waals surface area contributed by atoms with Gasteiger partial charge in [-0.1, -0.05) is 47.5 Å². The van der Waals surface area contributed by atoms with Gasteiger partial charge in [-0.15, -0.1) is 0 Å². The van der Waals surface area contributed by atoms with Gasteiger partial charge in [0, 0.05) is 0 Å². The van der Waals surface area contributed by atoms with Crippen molar-refractivity contribution in [1.29, 1.82) is 0 Å². The molecule has 14 heavy (non-hydrogen) atoms. The van der Waals surface area contributed by atoms with E-state index in [9.17, 15) is 0 Å². The third-order valence-corrected chi connectivity index (χ3v) is 3.24. The standard InChI is InChI=1S/C13H29N/c1-6-8-11(3)9-12(4)13(5)10-14-7-2/h11-14H,6-10H2,1-5H3. The van der Waals surface area contributed by atoms with Crippen molar-refractivity contribution >= 4 is 0 Å². The highest BCUT2D eigenvalue weighted by molar-refractivity contribution is 4.67. The monoisotopic (exact) mass is 199 g/mol. The molecule has 0 bridgehead atoms. The van der Waals surface area contributed by atoms with Gasteiger partial charge < -0.3 is 5.32 Å². The molecule has 0 aromatic heterocycles. The van der Waals surface area contributed by atoms with Gasteiger partial charge >= 0.3 is 0 Å². The van der Waals surface area contributed by atoms with E-state index in [1.54, 1.807) is 0 Å². The number of hydrogen-bond acceptors (Lipinski definition) is 1. The van der Waals surface area contributed by atoms with Crippen LogP contribution >= 0.6 is 0 Å². The van der Waals surface area contributed by atoms with Crippen LogP contribution in [0.25, 0.3) is 0 Å². The van der Waals surface area contributed by atoms with Gasteiger partial charge in [-0.05, 0) is 37.3 Å². The maximum absolute atomic E-state index is 3.43. The molecule has 0 amide bonds. The zero-order chi connectivity index (χ0) is 11.0. The van der Waals surface area contributed by atoms with Crippen molar-refractivity contribution in [2.75, 3.05) is 13.1 Å². The van der Waals surface area contributed by atoms with Crippen LogP contribution in [0.3, 0.4) is 0 Å². The van der Waals surface area contributed by atoms with Gasteiger partial charge in [0.25, 0.3) is 0 Å². The summed E-state index contributed by atoms with van der Waals surface area (Å²) in [5, 5.41) is 3.43. The molecule has 0 saturated carbocycles. The summed E-state index contributed by atoms with van der Waals surface area (Å²) in [7, 11) is 0. The van der Waals surface area contributed by atoms with Crippen molar-refractivity contribution in [2.24, 2.45) is 17.8 Å². The smallest absolute Gasteiger partial charge is 0.00207 e. The van der Waals surface area contributed by atoms with Crippen molar-refractivity contribution in [3.63, 3.8) is 0 Å². The van der Waals surface area contributed by atoms with E-state index < -0.39 is 0 Å². The fourth-order valence-electron chi connectivity index (χ4n) is 2.05. The zero-order valence-corrected chi connectivity index (χ0v) is 10.8. The van der Waals surface area contributed by atoms with Gasteiger partial charge in [0.15, 0.2) is 0 Å². The lowest BCUT2D eigenvalue weighted by molar-refractivity contribution is 0.296. The Morgan fingerprint density at radius 1 is 1.00 bits per heavy atom. The summed E-state index contributed by atoms with van der Waals surface area (Å²) < 4.78 is 0. The summed E-state index contributed by atoms with van der Waals surface area (Å²) >= 11 is 0. The maximum Gasteiger partial charge on any atom is -0.00207 e. The summed E-state index contributed by atoms with van der Waals surface area (Å²) in [4.78, 5) is 0. The summed E-state index contributed by atoms with van der Waals surface area (Å²) in [5.74, 6) is 2.57. The zero-order valence-electron chi connectivity index (χ0n) is 10.8. The SMILES string of the molecule is CCCC(C)CC(C)C(C)CNCC. The number of hydrogen-bond donors (Lipinski definition) is 1. The Hall–Kier alpha value is -0.0400. The van der Waals surface area contributed by atoms with E-state index in [0.717, 1.165) is 24.3 Å². The fourth-order valence-corrected chi connectivity index (χ4v) is 2.05. The first kappa shape index (κ1) is 14.0.